The van der Waals surface area contributed by atoms with Gasteiger partial charge in [0.2, 0.25) is 0 Å². The lowest BCUT2D eigenvalue weighted by Crippen LogP contribution is -2.00. The van der Waals surface area contributed by atoms with Gasteiger partial charge in [0.25, 0.3) is 0 Å². The van der Waals surface area contributed by atoms with Crippen LogP contribution in [0.3, 0.4) is 0 Å². The van der Waals surface area contributed by atoms with E-state index < -0.39 is 5.97 Å². The van der Waals surface area contributed by atoms with Crippen LogP contribution in [0.1, 0.15) is 5.56 Å². The summed E-state index contributed by atoms with van der Waals surface area (Å²) in [6.07, 6.45) is -0.249. The predicted octanol–water partition coefficient (Wildman–Crippen LogP) is 3.34. The normalized spacial score (nSPS) is 10.3. The molecule has 0 atom stereocenters. The molecule has 18 heavy (non-hydrogen) atoms. The van der Waals surface area contributed by atoms with Gasteiger partial charge < -0.3 is 10.2 Å². The molecule has 2 aromatic carbocycles. The molecule has 0 amide bonds. The Morgan fingerprint density at radius 1 is 1.17 bits per heavy atom. The van der Waals surface area contributed by atoms with Gasteiger partial charge in [-0.1, -0.05) is 41.9 Å². The summed E-state index contributed by atoms with van der Waals surface area (Å²) in [4.78, 5) is 10.6. The van der Waals surface area contributed by atoms with E-state index in [-0.39, 0.29) is 12.2 Å². The fourth-order valence-corrected chi connectivity index (χ4v) is 2.04. The van der Waals surface area contributed by atoms with Crippen LogP contribution in [-0.2, 0) is 11.2 Å². The SMILES string of the molecule is O=C(O)Cc1cc(Cl)c(-c2ccccc2)cc1O. The predicted molar refractivity (Wildman–Crippen MR) is 69.9 cm³/mol. The topological polar surface area (TPSA) is 57.5 Å². The first-order valence-electron chi connectivity index (χ1n) is 5.36. The minimum atomic E-state index is -1.01. The van der Waals surface area contributed by atoms with Gasteiger partial charge in [-0.2, -0.15) is 0 Å². The summed E-state index contributed by atoms with van der Waals surface area (Å²) in [5.41, 5.74) is 1.87. The molecular weight excluding hydrogens is 252 g/mol. The highest BCUT2D eigenvalue weighted by Gasteiger charge is 2.11. The highest BCUT2D eigenvalue weighted by molar-refractivity contribution is 6.33. The van der Waals surface area contributed by atoms with E-state index in [1.807, 2.05) is 30.3 Å². The van der Waals surface area contributed by atoms with Gasteiger partial charge in [-0.05, 0) is 17.7 Å². The molecule has 0 fully saturated rings. The lowest BCUT2D eigenvalue weighted by molar-refractivity contribution is -0.136. The lowest BCUT2D eigenvalue weighted by atomic mass is 10.0. The van der Waals surface area contributed by atoms with Crippen molar-refractivity contribution in [2.75, 3.05) is 0 Å². The molecule has 0 spiro atoms. The van der Waals surface area contributed by atoms with E-state index in [9.17, 15) is 9.90 Å². The van der Waals surface area contributed by atoms with Crippen molar-refractivity contribution in [1.82, 2.24) is 0 Å². The first-order valence-corrected chi connectivity index (χ1v) is 5.74. The van der Waals surface area contributed by atoms with Gasteiger partial charge in [-0.15, -0.1) is 0 Å². The summed E-state index contributed by atoms with van der Waals surface area (Å²) in [5.74, 6) is -1.06. The van der Waals surface area contributed by atoms with Gasteiger partial charge >= 0.3 is 5.97 Å². The van der Waals surface area contributed by atoms with Gasteiger partial charge in [0.15, 0.2) is 0 Å². The maximum atomic E-state index is 10.6. The minimum Gasteiger partial charge on any atom is -0.508 e. The van der Waals surface area contributed by atoms with Crippen LogP contribution in [0.25, 0.3) is 11.1 Å². The van der Waals surface area contributed by atoms with Crippen molar-refractivity contribution in [3.05, 3.63) is 53.1 Å². The molecule has 2 rings (SSSR count). The summed E-state index contributed by atoms with van der Waals surface area (Å²) in [5, 5.41) is 18.9. The second-order valence-corrected chi connectivity index (χ2v) is 4.30. The van der Waals surface area contributed by atoms with Gasteiger partial charge in [0.1, 0.15) is 5.75 Å². The molecule has 0 aromatic heterocycles. The summed E-state index contributed by atoms with van der Waals surface area (Å²) >= 11 is 6.12. The highest BCUT2D eigenvalue weighted by atomic mass is 35.5. The fraction of sp³-hybridized carbons (Fsp3) is 0.0714. The molecule has 0 aliphatic rings. The number of rotatable bonds is 3. The van der Waals surface area contributed by atoms with E-state index in [2.05, 4.69) is 0 Å². The second kappa shape index (κ2) is 5.10. The third-order valence-electron chi connectivity index (χ3n) is 2.59. The molecule has 0 aliphatic heterocycles. The van der Waals surface area contributed by atoms with E-state index in [0.29, 0.717) is 16.1 Å². The zero-order valence-corrected chi connectivity index (χ0v) is 10.2. The molecule has 0 aliphatic carbocycles. The Bertz CT molecular complexity index is 579. The molecule has 0 bridgehead atoms. The number of halogens is 1. The monoisotopic (exact) mass is 262 g/mol. The lowest BCUT2D eigenvalue weighted by Gasteiger charge is -2.09. The summed E-state index contributed by atoms with van der Waals surface area (Å²) in [6.45, 7) is 0. The maximum absolute atomic E-state index is 10.6. The zero-order chi connectivity index (χ0) is 13.1. The average Bonchev–Trinajstić information content (AvgIpc) is 2.34. The van der Waals surface area contributed by atoms with Crippen molar-refractivity contribution < 1.29 is 15.0 Å². The number of carboxylic acids is 1. The van der Waals surface area contributed by atoms with Crippen LogP contribution in [-0.4, -0.2) is 16.2 Å². The second-order valence-electron chi connectivity index (χ2n) is 3.90. The van der Waals surface area contributed by atoms with Gasteiger partial charge in [-0.25, -0.2) is 0 Å². The quantitative estimate of drug-likeness (QED) is 0.892. The Labute approximate surface area is 109 Å². The van der Waals surface area contributed by atoms with Gasteiger partial charge in [-0.3, -0.25) is 4.79 Å². The molecule has 2 N–H and O–H groups in total. The van der Waals surface area contributed by atoms with Crippen molar-refractivity contribution in [3.63, 3.8) is 0 Å². The smallest absolute Gasteiger partial charge is 0.307 e. The average molecular weight is 263 g/mol. The molecular formula is C14H11ClO3. The van der Waals surface area contributed by atoms with Crippen molar-refractivity contribution in [3.8, 4) is 16.9 Å². The van der Waals surface area contributed by atoms with Crippen molar-refractivity contribution >= 4 is 17.6 Å². The van der Waals surface area contributed by atoms with Gasteiger partial charge in [0.05, 0.1) is 6.42 Å². The van der Waals surface area contributed by atoms with E-state index in [1.165, 1.54) is 12.1 Å². The van der Waals surface area contributed by atoms with E-state index in [0.717, 1.165) is 5.56 Å². The summed E-state index contributed by atoms with van der Waals surface area (Å²) in [6, 6.07) is 12.4. The molecule has 0 heterocycles. The molecule has 0 unspecified atom stereocenters. The van der Waals surface area contributed by atoms with Crippen LogP contribution in [0.4, 0.5) is 0 Å². The summed E-state index contributed by atoms with van der Waals surface area (Å²) < 4.78 is 0. The molecule has 0 saturated carbocycles. The van der Waals surface area contributed by atoms with Crippen molar-refractivity contribution in [2.24, 2.45) is 0 Å². The van der Waals surface area contributed by atoms with Crippen molar-refractivity contribution in [2.45, 2.75) is 6.42 Å². The first-order chi connectivity index (χ1) is 8.58. The third-order valence-corrected chi connectivity index (χ3v) is 2.91. The van der Waals surface area contributed by atoms with Crippen LogP contribution >= 0.6 is 11.6 Å². The van der Waals surface area contributed by atoms with Crippen LogP contribution < -0.4 is 0 Å². The van der Waals surface area contributed by atoms with Crippen LogP contribution in [0.15, 0.2) is 42.5 Å². The molecule has 92 valence electrons. The fourth-order valence-electron chi connectivity index (χ4n) is 1.75. The number of carboxylic acid groups (broad SMARTS) is 1. The first kappa shape index (κ1) is 12.5. The number of phenolic OH excluding ortho intramolecular Hbond substituents is 1. The number of carbonyl (C=O) groups is 1. The number of phenols is 1. The number of hydrogen-bond acceptors (Lipinski definition) is 2. The summed E-state index contributed by atoms with van der Waals surface area (Å²) in [7, 11) is 0. The Kier molecular flexibility index (Phi) is 3.53. The van der Waals surface area contributed by atoms with Crippen LogP contribution in [0, 0.1) is 0 Å². The van der Waals surface area contributed by atoms with Gasteiger partial charge in [0, 0.05) is 16.1 Å². The maximum Gasteiger partial charge on any atom is 0.307 e. The molecule has 3 nitrogen and oxygen atoms in total. The molecule has 0 radical (unpaired) electrons. The van der Waals surface area contributed by atoms with Crippen LogP contribution in [0.5, 0.6) is 5.75 Å². The largest absolute Gasteiger partial charge is 0.508 e. The number of aromatic hydroxyl groups is 1. The highest BCUT2D eigenvalue weighted by Crippen LogP contribution is 2.33. The Balaban J connectivity index is 2.46. The van der Waals surface area contributed by atoms with Crippen molar-refractivity contribution in [1.29, 1.82) is 0 Å². The number of aliphatic carboxylic acids is 1. The molecule has 4 heteroatoms. The minimum absolute atomic E-state index is 0.0550. The third kappa shape index (κ3) is 2.63. The Hall–Kier alpha value is -2.00. The number of benzene rings is 2. The Morgan fingerprint density at radius 2 is 1.83 bits per heavy atom. The Morgan fingerprint density at radius 3 is 2.44 bits per heavy atom. The van der Waals surface area contributed by atoms with Crippen LogP contribution in [0.2, 0.25) is 5.02 Å². The van der Waals surface area contributed by atoms with E-state index >= 15 is 0 Å². The van der Waals surface area contributed by atoms with E-state index in [1.54, 1.807) is 0 Å². The molecule has 0 saturated heterocycles. The zero-order valence-electron chi connectivity index (χ0n) is 9.43. The molecule has 2 aromatic rings. The number of hydrogen-bond donors (Lipinski definition) is 2. The van der Waals surface area contributed by atoms with E-state index in [4.69, 9.17) is 16.7 Å². The standard InChI is InChI=1S/C14H11ClO3/c15-12-6-10(7-14(17)18)13(16)8-11(12)9-4-2-1-3-5-9/h1-6,8,16H,7H2,(H,17,18).